The van der Waals surface area contributed by atoms with Crippen LogP contribution in [0.5, 0.6) is 0 Å². The number of anilines is 2. The molecule has 0 amide bonds. The highest BCUT2D eigenvalue weighted by molar-refractivity contribution is 6.00. The van der Waals surface area contributed by atoms with Crippen molar-refractivity contribution in [3.63, 3.8) is 0 Å². The maximum Gasteiger partial charge on any atom is 0.349 e. The third-order valence-corrected chi connectivity index (χ3v) is 3.26. The molecule has 1 heterocycles. The second kappa shape index (κ2) is 5.25. The summed E-state index contributed by atoms with van der Waals surface area (Å²) in [5, 5.41) is 3.85. The fraction of sp³-hybridized carbons (Fsp3) is 0.0588. The van der Waals surface area contributed by atoms with Crippen molar-refractivity contribution in [2.24, 2.45) is 0 Å². The first kappa shape index (κ1) is 13.1. The first-order chi connectivity index (χ1) is 10.2. The average molecular weight is 279 g/mol. The number of benzene rings is 2. The maximum absolute atomic E-state index is 11.9. The molecule has 3 aromatic rings. The maximum atomic E-state index is 11.9. The molecule has 1 N–H and O–H groups in total. The Morgan fingerprint density at radius 3 is 2.57 bits per heavy atom. The van der Waals surface area contributed by atoms with Crippen molar-refractivity contribution in [2.75, 3.05) is 5.32 Å². The predicted molar refractivity (Wildman–Crippen MR) is 82.3 cm³/mol. The molecule has 0 saturated carbocycles. The van der Waals surface area contributed by atoms with E-state index in [0.29, 0.717) is 22.9 Å². The van der Waals surface area contributed by atoms with E-state index in [1.165, 1.54) is 0 Å². The minimum atomic E-state index is -0.639. The third kappa shape index (κ3) is 2.43. The lowest BCUT2D eigenvalue weighted by atomic mass is 10.1. The van der Waals surface area contributed by atoms with Crippen molar-refractivity contribution < 1.29 is 9.21 Å². The predicted octanol–water partition coefficient (Wildman–Crippen LogP) is 3.66. The first-order valence-electron chi connectivity index (χ1n) is 6.54. The summed E-state index contributed by atoms with van der Waals surface area (Å²) in [7, 11) is 0. The van der Waals surface area contributed by atoms with Crippen LogP contribution < -0.4 is 10.9 Å². The van der Waals surface area contributed by atoms with Crippen molar-refractivity contribution in [1.29, 1.82) is 0 Å². The van der Waals surface area contributed by atoms with Crippen LogP contribution in [-0.2, 0) is 0 Å². The normalized spacial score (nSPS) is 10.5. The zero-order chi connectivity index (χ0) is 14.8. The Balaban J connectivity index is 2.29. The second-order valence-electron chi connectivity index (χ2n) is 4.79. The minimum Gasteiger partial charge on any atom is -0.422 e. The number of aldehydes is 1. The monoisotopic (exact) mass is 279 g/mol. The molecule has 0 unspecified atom stereocenters. The molecule has 3 rings (SSSR count). The summed E-state index contributed by atoms with van der Waals surface area (Å²) >= 11 is 0. The second-order valence-corrected chi connectivity index (χ2v) is 4.79. The molecule has 2 aromatic carbocycles. The number of carbonyl (C=O) groups is 1. The Bertz CT molecular complexity index is 866. The molecule has 0 bridgehead atoms. The molecule has 1 aromatic heterocycles. The van der Waals surface area contributed by atoms with Gasteiger partial charge in [0.15, 0.2) is 6.29 Å². The molecule has 21 heavy (non-hydrogen) atoms. The van der Waals surface area contributed by atoms with E-state index >= 15 is 0 Å². The molecule has 0 spiro atoms. The largest absolute Gasteiger partial charge is 0.422 e. The van der Waals surface area contributed by atoms with Crippen LogP contribution in [0.2, 0.25) is 0 Å². The van der Waals surface area contributed by atoms with Gasteiger partial charge in [-0.1, -0.05) is 29.8 Å². The first-order valence-corrected chi connectivity index (χ1v) is 6.54. The van der Waals surface area contributed by atoms with Gasteiger partial charge in [0, 0.05) is 11.1 Å². The highest BCUT2D eigenvalue weighted by Gasteiger charge is 2.14. The van der Waals surface area contributed by atoms with Crippen molar-refractivity contribution in [2.45, 2.75) is 6.92 Å². The minimum absolute atomic E-state index is 0.00282. The van der Waals surface area contributed by atoms with E-state index in [1.54, 1.807) is 6.07 Å². The van der Waals surface area contributed by atoms with Gasteiger partial charge in [0.1, 0.15) is 11.1 Å². The number of aryl methyl sites for hydroxylation is 1. The van der Waals surface area contributed by atoms with Crippen LogP contribution >= 0.6 is 0 Å². The smallest absolute Gasteiger partial charge is 0.349 e. The Labute approximate surface area is 121 Å². The van der Waals surface area contributed by atoms with Gasteiger partial charge >= 0.3 is 5.63 Å². The van der Waals surface area contributed by atoms with E-state index in [-0.39, 0.29) is 5.56 Å². The summed E-state index contributed by atoms with van der Waals surface area (Å²) in [5.74, 6) is 0. The summed E-state index contributed by atoms with van der Waals surface area (Å²) in [6.45, 7) is 1.94. The van der Waals surface area contributed by atoms with Gasteiger partial charge in [-0.3, -0.25) is 4.79 Å². The van der Waals surface area contributed by atoms with E-state index in [4.69, 9.17) is 4.42 Å². The fourth-order valence-electron chi connectivity index (χ4n) is 2.24. The van der Waals surface area contributed by atoms with Crippen molar-refractivity contribution >= 4 is 28.6 Å². The summed E-state index contributed by atoms with van der Waals surface area (Å²) in [5.41, 5.74) is 2.11. The van der Waals surface area contributed by atoms with Crippen molar-refractivity contribution in [3.8, 4) is 0 Å². The summed E-state index contributed by atoms with van der Waals surface area (Å²) in [6, 6.07) is 14.9. The summed E-state index contributed by atoms with van der Waals surface area (Å²) < 4.78 is 5.19. The van der Waals surface area contributed by atoms with Gasteiger partial charge < -0.3 is 9.73 Å². The molecule has 0 aliphatic carbocycles. The van der Waals surface area contributed by atoms with E-state index in [1.807, 2.05) is 49.4 Å². The molecule has 0 aliphatic rings. The lowest BCUT2D eigenvalue weighted by Crippen LogP contribution is -2.10. The number of hydrogen-bond donors (Lipinski definition) is 1. The van der Waals surface area contributed by atoms with Crippen LogP contribution in [0.25, 0.3) is 11.0 Å². The highest BCUT2D eigenvalue weighted by atomic mass is 16.4. The quantitative estimate of drug-likeness (QED) is 0.587. The molecule has 0 saturated heterocycles. The molecule has 0 fully saturated rings. The molecular formula is C17H13NO3. The van der Waals surface area contributed by atoms with Crippen molar-refractivity contribution in [1.82, 2.24) is 0 Å². The molecule has 0 aliphatic heterocycles. The van der Waals surface area contributed by atoms with Gasteiger partial charge in [0.2, 0.25) is 0 Å². The zero-order valence-electron chi connectivity index (χ0n) is 11.4. The van der Waals surface area contributed by atoms with Gasteiger partial charge in [-0.2, -0.15) is 0 Å². The Morgan fingerprint density at radius 1 is 1.10 bits per heavy atom. The Hall–Kier alpha value is -2.88. The topological polar surface area (TPSA) is 59.3 Å². The lowest BCUT2D eigenvalue weighted by molar-refractivity contribution is 0.112. The van der Waals surface area contributed by atoms with Crippen LogP contribution in [0.15, 0.2) is 57.7 Å². The average Bonchev–Trinajstić information content (AvgIpc) is 2.49. The van der Waals surface area contributed by atoms with Gasteiger partial charge in [0.05, 0.1) is 5.69 Å². The lowest BCUT2D eigenvalue weighted by Gasteiger charge is -2.11. The Morgan fingerprint density at radius 2 is 1.86 bits per heavy atom. The molecule has 104 valence electrons. The van der Waals surface area contributed by atoms with Gasteiger partial charge in [0.25, 0.3) is 0 Å². The highest BCUT2D eigenvalue weighted by Crippen LogP contribution is 2.28. The molecule has 4 nitrogen and oxygen atoms in total. The van der Waals surface area contributed by atoms with Crippen molar-refractivity contribution in [3.05, 3.63) is 70.1 Å². The van der Waals surface area contributed by atoms with Crippen LogP contribution in [0.3, 0.4) is 0 Å². The third-order valence-electron chi connectivity index (χ3n) is 3.26. The molecule has 0 radical (unpaired) electrons. The molecular weight excluding hydrogens is 266 g/mol. The van der Waals surface area contributed by atoms with Crippen LogP contribution in [-0.4, -0.2) is 6.29 Å². The summed E-state index contributed by atoms with van der Waals surface area (Å²) in [6.07, 6.45) is 0.527. The SMILES string of the molecule is Cc1ccc2oc(=O)c(C=O)c(Nc3ccccc3)c2c1. The van der Waals surface area contributed by atoms with Gasteiger partial charge in [-0.25, -0.2) is 4.79 Å². The Kier molecular flexibility index (Phi) is 3.28. The summed E-state index contributed by atoms with van der Waals surface area (Å²) in [4.78, 5) is 23.2. The van der Waals surface area contributed by atoms with Gasteiger partial charge in [-0.05, 0) is 31.2 Å². The number of carbonyl (C=O) groups excluding carboxylic acids is 1. The molecule has 4 heteroatoms. The number of hydrogen-bond acceptors (Lipinski definition) is 4. The fourth-order valence-corrected chi connectivity index (χ4v) is 2.24. The number of nitrogens with one attached hydrogen (secondary N) is 1. The number of para-hydroxylation sites is 1. The van der Waals surface area contributed by atoms with E-state index in [0.717, 1.165) is 11.3 Å². The standard InChI is InChI=1S/C17H13NO3/c1-11-7-8-15-13(9-11)16(14(10-19)17(20)21-15)18-12-5-3-2-4-6-12/h2-10,18H,1H3. The van der Waals surface area contributed by atoms with Crippen LogP contribution in [0.1, 0.15) is 15.9 Å². The van der Waals surface area contributed by atoms with E-state index in [2.05, 4.69) is 5.32 Å². The van der Waals surface area contributed by atoms with Crippen LogP contribution in [0.4, 0.5) is 11.4 Å². The number of rotatable bonds is 3. The van der Waals surface area contributed by atoms with Gasteiger partial charge in [-0.15, -0.1) is 0 Å². The zero-order valence-corrected chi connectivity index (χ0v) is 11.4. The van der Waals surface area contributed by atoms with E-state index < -0.39 is 5.63 Å². The van der Waals surface area contributed by atoms with Crippen LogP contribution in [0, 0.1) is 6.92 Å². The van der Waals surface area contributed by atoms with E-state index in [9.17, 15) is 9.59 Å². The molecule has 0 atom stereocenters. The number of fused-ring (bicyclic) bond motifs is 1.